The van der Waals surface area contributed by atoms with E-state index in [1.807, 2.05) is 22.9 Å². The van der Waals surface area contributed by atoms with E-state index in [1.165, 1.54) is 27.8 Å². The molecular weight excluding hydrogens is 324 g/mol. The van der Waals surface area contributed by atoms with Gasteiger partial charge in [-0.05, 0) is 38.0 Å². The molecule has 3 rings (SSSR count). The maximum absolute atomic E-state index is 12.5. The van der Waals surface area contributed by atoms with E-state index >= 15 is 0 Å². The van der Waals surface area contributed by atoms with Crippen molar-refractivity contribution in [2.75, 3.05) is 13.1 Å². The van der Waals surface area contributed by atoms with Gasteiger partial charge in [0.05, 0.1) is 10.9 Å². The number of urea groups is 1. The summed E-state index contributed by atoms with van der Waals surface area (Å²) in [6, 6.07) is 5.80. The van der Waals surface area contributed by atoms with Crippen LogP contribution in [0.3, 0.4) is 0 Å². The standard InChI is InChI=1S/C17H20N4O2S/c1-11-5-4-6-14(12(11)2)20-9-8-19-17(20)24-13(3)15(22)21-10-7-18-16(21)23/h4-6,8-9,13H,7,10H2,1-3H3,(H,18,23)/t13-/m0/s1. The van der Waals surface area contributed by atoms with Crippen molar-refractivity contribution in [2.45, 2.75) is 31.2 Å². The van der Waals surface area contributed by atoms with Crippen LogP contribution in [0.2, 0.25) is 0 Å². The van der Waals surface area contributed by atoms with Gasteiger partial charge in [-0.15, -0.1) is 0 Å². The fourth-order valence-corrected chi connectivity index (χ4v) is 3.61. The number of aromatic nitrogens is 2. The third-order valence-electron chi connectivity index (χ3n) is 4.20. The van der Waals surface area contributed by atoms with Crippen LogP contribution in [0.4, 0.5) is 4.79 Å². The van der Waals surface area contributed by atoms with Crippen LogP contribution in [-0.2, 0) is 4.79 Å². The second kappa shape index (κ2) is 6.68. The average Bonchev–Trinajstić information content (AvgIpc) is 3.18. The summed E-state index contributed by atoms with van der Waals surface area (Å²) in [5.41, 5.74) is 3.43. The van der Waals surface area contributed by atoms with Crippen LogP contribution in [-0.4, -0.2) is 44.7 Å². The molecule has 1 aliphatic rings. The Kier molecular flexibility index (Phi) is 4.62. The third-order valence-corrected chi connectivity index (χ3v) is 5.26. The zero-order valence-corrected chi connectivity index (χ0v) is 14.8. The summed E-state index contributed by atoms with van der Waals surface area (Å²) >= 11 is 1.36. The Morgan fingerprint density at radius 2 is 2.17 bits per heavy atom. The third kappa shape index (κ3) is 3.03. The van der Waals surface area contributed by atoms with Gasteiger partial charge in [-0.1, -0.05) is 23.9 Å². The average molecular weight is 344 g/mol. The lowest BCUT2D eigenvalue weighted by Gasteiger charge is -2.18. The summed E-state index contributed by atoms with van der Waals surface area (Å²) in [5.74, 6) is -0.189. The number of carbonyl (C=O) groups excluding carboxylic acids is 2. The topological polar surface area (TPSA) is 67.2 Å². The molecule has 0 spiro atoms. The van der Waals surface area contributed by atoms with Crippen LogP contribution >= 0.6 is 11.8 Å². The van der Waals surface area contributed by atoms with Gasteiger partial charge >= 0.3 is 6.03 Å². The first kappa shape index (κ1) is 16.6. The monoisotopic (exact) mass is 344 g/mol. The van der Waals surface area contributed by atoms with Crippen LogP contribution in [0, 0.1) is 13.8 Å². The molecule has 1 saturated heterocycles. The number of imide groups is 1. The lowest BCUT2D eigenvalue weighted by Crippen LogP contribution is -2.39. The Labute approximate surface area is 145 Å². The van der Waals surface area contributed by atoms with Crippen LogP contribution in [0.5, 0.6) is 0 Å². The minimum absolute atomic E-state index is 0.189. The van der Waals surface area contributed by atoms with Crippen molar-refractivity contribution in [1.82, 2.24) is 19.8 Å². The number of hydrogen-bond donors (Lipinski definition) is 1. The summed E-state index contributed by atoms with van der Waals surface area (Å²) in [7, 11) is 0. The number of rotatable bonds is 4. The Bertz CT molecular complexity index is 787. The summed E-state index contributed by atoms with van der Waals surface area (Å²) in [5, 5.41) is 3.00. The fourth-order valence-electron chi connectivity index (χ4n) is 2.67. The molecule has 0 bridgehead atoms. The molecule has 2 heterocycles. The number of aryl methyl sites for hydroxylation is 1. The first-order valence-corrected chi connectivity index (χ1v) is 8.73. The number of benzene rings is 1. The van der Waals surface area contributed by atoms with E-state index in [0.717, 1.165) is 10.8 Å². The largest absolute Gasteiger partial charge is 0.336 e. The second-order valence-electron chi connectivity index (χ2n) is 5.78. The molecule has 3 amide bonds. The first-order chi connectivity index (χ1) is 11.5. The number of hydrogen-bond acceptors (Lipinski definition) is 4. The van der Waals surface area contributed by atoms with E-state index in [2.05, 4.69) is 30.2 Å². The molecule has 2 aromatic rings. The minimum Gasteiger partial charge on any atom is -0.336 e. The zero-order chi connectivity index (χ0) is 17.3. The molecule has 1 N–H and O–H groups in total. The van der Waals surface area contributed by atoms with Crippen LogP contribution < -0.4 is 5.32 Å². The highest BCUT2D eigenvalue weighted by atomic mass is 32.2. The molecule has 6 nitrogen and oxygen atoms in total. The Morgan fingerprint density at radius 1 is 1.38 bits per heavy atom. The van der Waals surface area contributed by atoms with Crippen LogP contribution in [0.25, 0.3) is 5.69 Å². The van der Waals surface area contributed by atoms with E-state index in [-0.39, 0.29) is 17.2 Å². The number of imidazole rings is 1. The van der Waals surface area contributed by atoms with Gasteiger partial charge in [0.1, 0.15) is 0 Å². The SMILES string of the molecule is Cc1cccc(-n2ccnc2S[C@@H](C)C(=O)N2CCNC2=O)c1C. The van der Waals surface area contributed by atoms with E-state index in [9.17, 15) is 9.59 Å². The van der Waals surface area contributed by atoms with Gasteiger partial charge in [0.15, 0.2) is 5.16 Å². The Morgan fingerprint density at radius 3 is 2.88 bits per heavy atom. The number of thioether (sulfide) groups is 1. The molecule has 1 atom stereocenters. The van der Waals surface area contributed by atoms with Crippen molar-refractivity contribution in [3.8, 4) is 5.69 Å². The predicted molar refractivity (Wildman–Crippen MR) is 93.5 cm³/mol. The highest BCUT2D eigenvalue weighted by molar-refractivity contribution is 8.00. The summed E-state index contributed by atoms with van der Waals surface area (Å²) in [6.45, 7) is 6.89. The summed E-state index contributed by atoms with van der Waals surface area (Å²) in [4.78, 5) is 29.8. The van der Waals surface area contributed by atoms with Gasteiger partial charge < -0.3 is 5.32 Å². The molecule has 1 aliphatic heterocycles. The van der Waals surface area contributed by atoms with Gasteiger partial charge in [-0.25, -0.2) is 9.78 Å². The summed E-state index contributed by atoms with van der Waals surface area (Å²) in [6.07, 6.45) is 3.62. The van der Waals surface area contributed by atoms with E-state index in [0.29, 0.717) is 13.1 Å². The summed E-state index contributed by atoms with van der Waals surface area (Å²) < 4.78 is 1.99. The first-order valence-electron chi connectivity index (χ1n) is 7.85. The molecule has 0 radical (unpaired) electrons. The van der Waals surface area contributed by atoms with Gasteiger partial charge in [0, 0.05) is 25.5 Å². The van der Waals surface area contributed by atoms with Crippen molar-refractivity contribution in [2.24, 2.45) is 0 Å². The molecule has 1 aromatic carbocycles. The van der Waals surface area contributed by atoms with Crippen molar-refractivity contribution in [1.29, 1.82) is 0 Å². The lowest BCUT2D eigenvalue weighted by atomic mass is 10.1. The predicted octanol–water partition coefficient (Wildman–Crippen LogP) is 2.52. The van der Waals surface area contributed by atoms with Crippen molar-refractivity contribution < 1.29 is 9.59 Å². The molecule has 1 fully saturated rings. The van der Waals surface area contributed by atoms with Crippen molar-refractivity contribution in [3.63, 3.8) is 0 Å². The Hall–Kier alpha value is -2.28. The molecule has 1 aromatic heterocycles. The maximum atomic E-state index is 12.5. The lowest BCUT2D eigenvalue weighted by molar-refractivity contribution is -0.126. The van der Waals surface area contributed by atoms with Gasteiger partial charge in [0.25, 0.3) is 0 Å². The zero-order valence-electron chi connectivity index (χ0n) is 13.9. The molecule has 0 aliphatic carbocycles. The molecule has 7 heteroatoms. The molecule has 126 valence electrons. The van der Waals surface area contributed by atoms with Crippen LogP contribution in [0.1, 0.15) is 18.1 Å². The van der Waals surface area contributed by atoms with Gasteiger partial charge in [-0.2, -0.15) is 0 Å². The van der Waals surface area contributed by atoms with Gasteiger partial charge in [-0.3, -0.25) is 14.3 Å². The number of nitrogens with one attached hydrogen (secondary N) is 1. The molecule has 24 heavy (non-hydrogen) atoms. The Balaban J connectivity index is 1.82. The highest BCUT2D eigenvalue weighted by Gasteiger charge is 2.30. The normalized spacial score (nSPS) is 15.5. The maximum Gasteiger partial charge on any atom is 0.324 e. The van der Waals surface area contributed by atoms with Gasteiger partial charge in [0.2, 0.25) is 5.91 Å². The molecule has 0 unspecified atom stereocenters. The number of nitrogens with zero attached hydrogens (tertiary/aromatic N) is 3. The van der Waals surface area contributed by atoms with E-state index in [1.54, 1.807) is 13.1 Å². The fraction of sp³-hybridized carbons (Fsp3) is 0.353. The second-order valence-corrected chi connectivity index (χ2v) is 7.09. The number of carbonyl (C=O) groups is 2. The smallest absolute Gasteiger partial charge is 0.324 e. The van der Waals surface area contributed by atoms with E-state index in [4.69, 9.17) is 0 Å². The van der Waals surface area contributed by atoms with E-state index < -0.39 is 0 Å². The minimum atomic E-state index is -0.389. The highest BCUT2D eigenvalue weighted by Crippen LogP contribution is 2.28. The molecular formula is C17H20N4O2S. The quantitative estimate of drug-likeness (QED) is 0.866. The number of amides is 3. The van der Waals surface area contributed by atoms with Crippen LogP contribution in [0.15, 0.2) is 35.7 Å². The van der Waals surface area contributed by atoms with Crippen molar-refractivity contribution >= 4 is 23.7 Å². The molecule has 0 saturated carbocycles. The van der Waals surface area contributed by atoms with Crippen molar-refractivity contribution in [3.05, 3.63) is 41.7 Å².